The molecule has 0 aliphatic carbocycles. The van der Waals surface area contributed by atoms with Crippen molar-refractivity contribution in [2.75, 3.05) is 34.2 Å². The standard InChI is InChI=1S/C25H35N5O2.ClH/c1-25(2,3)19-16-18(12-13-23(19)31)22(17-24(32)26-14-9-15-30(4,5)6)29-27-20-10-7-8-11-21(20)28-29;/h7-8,10-13,16,22H,9,14-15,17H2,1-6H3,(H-,26,31,32);1H. The molecule has 0 aliphatic rings. The third-order valence-corrected chi connectivity index (χ3v) is 5.50. The fraction of sp³-hybridized carbons (Fsp3) is 0.480. The van der Waals surface area contributed by atoms with E-state index in [0.29, 0.717) is 6.54 Å². The number of carbonyl (C=O) groups is 1. The Bertz CT molecular complexity index is 1050. The average molecular weight is 474 g/mol. The van der Waals surface area contributed by atoms with Crippen molar-refractivity contribution in [3.8, 4) is 5.75 Å². The lowest BCUT2D eigenvalue weighted by atomic mass is 9.84. The molecule has 0 saturated heterocycles. The van der Waals surface area contributed by atoms with Gasteiger partial charge in [-0.3, -0.25) is 4.79 Å². The van der Waals surface area contributed by atoms with Crippen molar-refractivity contribution in [2.24, 2.45) is 0 Å². The van der Waals surface area contributed by atoms with E-state index in [0.717, 1.165) is 39.6 Å². The van der Waals surface area contributed by atoms with Crippen LogP contribution in [0.3, 0.4) is 0 Å². The minimum Gasteiger partial charge on any atom is -1.00 e. The van der Waals surface area contributed by atoms with Gasteiger partial charge in [0.2, 0.25) is 5.91 Å². The number of halogens is 1. The van der Waals surface area contributed by atoms with Crippen molar-refractivity contribution in [1.82, 2.24) is 20.3 Å². The molecule has 0 aliphatic heterocycles. The van der Waals surface area contributed by atoms with E-state index in [9.17, 15) is 9.90 Å². The van der Waals surface area contributed by atoms with Crippen LogP contribution in [-0.2, 0) is 10.2 Å². The number of phenolic OH excluding ortho intramolecular Hbond substituents is 1. The largest absolute Gasteiger partial charge is 1.00 e. The van der Waals surface area contributed by atoms with Crippen molar-refractivity contribution in [1.29, 1.82) is 0 Å². The van der Waals surface area contributed by atoms with Crippen LogP contribution < -0.4 is 17.7 Å². The van der Waals surface area contributed by atoms with Crippen molar-refractivity contribution in [2.45, 2.75) is 45.1 Å². The van der Waals surface area contributed by atoms with Crippen LogP contribution >= 0.6 is 0 Å². The maximum absolute atomic E-state index is 12.9. The number of hydrogen-bond donors (Lipinski definition) is 2. The van der Waals surface area contributed by atoms with E-state index in [-0.39, 0.29) is 41.9 Å². The number of nitrogens with one attached hydrogen (secondary N) is 1. The predicted molar refractivity (Wildman–Crippen MR) is 128 cm³/mol. The normalized spacial score (nSPS) is 12.9. The monoisotopic (exact) mass is 473 g/mol. The molecule has 0 bridgehead atoms. The van der Waals surface area contributed by atoms with Crippen LogP contribution in [0.5, 0.6) is 5.75 Å². The van der Waals surface area contributed by atoms with E-state index >= 15 is 0 Å². The number of amides is 1. The summed E-state index contributed by atoms with van der Waals surface area (Å²) in [6, 6.07) is 12.8. The van der Waals surface area contributed by atoms with Gasteiger partial charge >= 0.3 is 0 Å². The fourth-order valence-electron chi connectivity index (χ4n) is 3.74. The van der Waals surface area contributed by atoms with Crippen molar-refractivity contribution >= 4 is 16.9 Å². The van der Waals surface area contributed by atoms with Crippen LogP contribution in [-0.4, -0.2) is 64.7 Å². The molecule has 3 rings (SSSR count). The molecule has 3 aromatic rings. The van der Waals surface area contributed by atoms with E-state index < -0.39 is 0 Å². The van der Waals surface area contributed by atoms with Gasteiger partial charge in [0.15, 0.2) is 0 Å². The molecule has 1 unspecified atom stereocenters. The van der Waals surface area contributed by atoms with Crippen LogP contribution in [0, 0.1) is 0 Å². The maximum atomic E-state index is 12.9. The Morgan fingerprint density at radius 3 is 2.24 bits per heavy atom. The van der Waals surface area contributed by atoms with Crippen LogP contribution in [0.15, 0.2) is 42.5 Å². The zero-order valence-electron chi connectivity index (χ0n) is 20.5. The van der Waals surface area contributed by atoms with Crippen LogP contribution in [0.2, 0.25) is 0 Å². The molecule has 33 heavy (non-hydrogen) atoms. The van der Waals surface area contributed by atoms with Gasteiger partial charge in [0.05, 0.1) is 34.1 Å². The van der Waals surface area contributed by atoms with E-state index in [2.05, 4.69) is 57.4 Å². The minimum absolute atomic E-state index is 0. The van der Waals surface area contributed by atoms with Crippen molar-refractivity contribution in [3.63, 3.8) is 0 Å². The van der Waals surface area contributed by atoms with Gasteiger partial charge in [0.1, 0.15) is 22.8 Å². The summed E-state index contributed by atoms with van der Waals surface area (Å²) in [5, 5.41) is 22.7. The lowest BCUT2D eigenvalue weighted by molar-refractivity contribution is -0.870. The van der Waals surface area contributed by atoms with Crippen LogP contribution in [0.4, 0.5) is 0 Å². The van der Waals surface area contributed by atoms with Gasteiger partial charge in [0, 0.05) is 13.0 Å². The molecule has 0 fully saturated rings. The molecule has 0 radical (unpaired) electrons. The summed E-state index contributed by atoms with van der Waals surface area (Å²) in [5.41, 5.74) is 3.07. The molecule has 0 spiro atoms. The van der Waals surface area contributed by atoms with E-state index in [4.69, 9.17) is 0 Å². The summed E-state index contributed by atoms with van der Waals surface area (Å²) >= 11 is 0. The number of hydrogen-bond acceptors (Lipinski definition) is 4. The second-order valence-electron chi connectivity index (χ2n) is 10.5. The molecule has 7 nitrogen and oxygen atoms in total. The number of fused-ring (bicyclic) bond motifs is 1. The molecule has 1 atom stereocenters. The molecule has 2 aromatic carbocycles. The lowest BCUT2D eigenvalue weighted by Crippen LogP contribution is -3.00. The van der Waals surface area contributed by atoms with Crippen molar-refractivity contribution in [3.05, 3.63) is 53.6 Å². The summed E-state index contributed by atoms with van der Waals surface area (Å²) in [5.74, 6) is 0.214. The molecule has 2 N–H and O–H groups in total. The number of aromatic nitrogens is 3. The molecule has 0 saturated carbocycles. The highest BCUT2D eigenvalue weighted by atomic mass is 35.5. The molecular formula is C25H36ClN5O2. The highest BCUT2D eigenvalue weighted by Gasteiger charge is 2.25. The van der Waals surface area contributed by atoms with Gasteiger partial charge < -0.3 is 27.3 Å². The summed E-state index contributed by atoms with van der Waals surface area (Å²) in [6.07, 6.45) is 1.14. The number of phenols is 1. The average Bonchev–Trinajstić information content (AvgIpc) is 3.12. The Kier molecular flexibility index (Phi) is 8.49. The van der Waals surface area contributed by atoms with Gasteiger partial charge in [-0.15, -0.1) is 0 Å². The molecule has 1 heterocycles. The smallest absolute Gasteiger partial charge is 0.222 e. The van der Waals surface area contributed by atoms with Crippen molar-refractivity contribution < 1.29 is 26.8 Å². The Morgan fingerprint density at radius 1 is 1.09 bits per heavy atom. The van der Waals surface area contributed by atoms with Gasteiger partial charge in [-0.1, -0.05) is 39.0 Å². The number of benzene rings is 2. The first-order chi connectivity index (χ1) is 14.9. The van der Waals surface area contributed by atoms with Gasteiger partial charge in [0.25, 0.3) is 0 Å². The fourth-order valence-corrected chi connectivity index (χ4v) is 3.74. The SMILES string of the molecule is CC(C)(C)c1cc(C(CC(=O)NCCC[N+](C)(C)C)n2nc3ccccc3n2)ccc1O.[Cl-]. The Hall–Kier alpha value is -2.64. The summed E-state index contributed by atoms with van der Waals surface area (Å²) in [4.78, 5) is 14.5. The zero-order chi connectivity index (χ0) is 23.5. The highest BCUT2D eigenvalue weighted by molar-refractivity contribution is 5.77. The van der Waals surface area contributed by atoms with Crippen LogP contribution in [0.1, 0.15) is 50.8 Å². The third-order valence-electron chi connectivity index (χ3n) is 5.50. The Morgan fingerprint density at radius 2 is 1.70 bits per heavy atom. The van der Waals surface area contributed by atoms with E-state index in [1.165, 1.54) is 0 Å². The first-order valence-corrected chi connectivity index (χ1v) is 11.2. The number of nitrogens with zero attached hydrogens (tertiary/aromatic N) is 4. The van der Waals surface area contributed by atoms with E-state index in [1.54, 1.807) is 10.9 Å². The first kappa shape index (κ1) is 26.6. The second-order valence-corrected chi connectivity index (χ2v) is 10.5. The van der Waals surface area contributed by atoms with Gasteiger partial charge in [-0.25, -0.2) is 0 Å². The first-order valence-electron chi connectivity index (χ1n) is 11.2. The zero-order valence-corrected chi connectivity index (χ0v) is 21.2. The van der Waals surface area contributed by atoms with E-state index in [1.807, 2.05) is 36.4 Å². The number of rotatable bonds is 8. The third kappa shape index (κ3) is 7.17. The summed E-state index contributed by atoms with van der Waals surface area (Å²) < 4.78 is 0.866. The number of quaternary nitrogens is 1. The molecule has 1 amide bonds. The van der Waals surface area contributed by atoms with Crippen LogP contribution in [0.25, 0.3) is 11.0 Å². The van der Waals surface area contributed by atoms with Gasteiger partial charge in [-0.2, -0.15) is 15.0 Å². The minimum atomic E-state index is -0.373. The topological polar surface area (TPSA) is 80.0 Å². The second kappa shape index (κ2) is 10.5. The predicted octanol–water partition coefficient (Wildman–Crippen LogP) is 0.630. The number of aromatic hydroxyl groups is 1. The molecule has 180 valence electrons. The quantitative estimate of drug-likeness (QED) is 0.371. The molecular weight excluding hydrogens is 438 g/mol. The summed E-state index contributed by atoms with van der Waals surface area (Å²) in [6.45, 7) is 7.80. The molecule has 1 aromatic heterocycles. The van der Waals surface area contributed by atoms with Gasteiger partial charge in [-0.05, 0) is 40.8 Å². The summed E-state index contributed by atoms with van der Waals surface area (Å²) in [7, 11) is 6.43. The highest BCUT2D eigenvalue weighted by Crippen LogP contribution is 2.34. The Balaban J connectivity index is 0.00000385. The number of carbonyl (C=O) groups excluding carboxylic acids is 1. The molecule has 8 heteroatoms. The lowest BCUT2D eigenvalue weighted by Gasteiger charge is -2.24. The Labute approximate surface area is 202 Å². The maximum Gasteiger partial charge on any atom is 0.222 e.